The van der Waals surface area contributed by atoms with Crippen LogP contribution in [0.15, 0.2) is 22.2 Å². The minimum atomic E-state index is -0.530. The van der Waals surface area contributed by atoms with E-state index < -0.39 is 11.8 Å². The SMILES string of the molecule is CCOc1cc(Br)c(/C=C2\C(=O)NC(=S)N(C)C2=O)cc1OC. The molecule has 23 heavy (non-hydrogen) atoms. The van der Waals surface area contributed by atoms with Crippen LogP contribution in [0.4, 0.5) is 0 Å². The second kappa shape index (κ2) is 7.10. The van der Waals surface area contributed by atoms with Crippen LogP contribution in [0.1, 0.15) is 12.5 Å². The third-order valence-corrected chi connectivity index (χ3v) is 4.25. The van der Waals surface area contributed by atoms with Crippen LogP contribution in [0, 0.1) is 0 Å². The van der Waals surface area contributed by atoms with Crippen LogP contribution in [0.2, 0.25) is 0 Å². The van der Waals surface area contributed by atoms with Crippen LogP contribution < -0.4 is 14.8 Å². The zero-order valence-electron chi connectivity index (χ0n) is 12.8. The topological polar surface area (TPSA) is 67.9 Å². The van der Waals surface area contributed by atoms with E-state index in [4.69, 9.17) is 21.7 Å². The Bertz CT molecular complexity index is 718. The van der Waals surface area contributed by atoms with E-state index in [0.717, 1.165) is 0 Å². The highest BCUT2D eigenvalue weighted by atomic mass is 79.9. The number of carbonyl (C=O) groups is 2. The van der Waals surface area contributed by atoms with Gasteiger partial charge in [-0.15, -0.1) is 0 Å². The summed E-state index contributed by atoms with van der Waals surface area (Å²) in [6.07, 6.45) is 1.48. The van der Waals surface area contributed by atoms with Crippen molar-refractivity contribution in [2.24, 2.45) is 0 Å². The van der Waals surface area contributed by atoms with Gasteiger partial charge in [0.25, 0.3) is 11.8 Å². The van der Waals surface area contributed by atoms with Gasteiger partial charge < -0.3 is 9.47 Å². The Morgan fingerprint density at radius 2 is 2.04 bits per heavy atom. The molecule has 122 valence electrons. The van der Waals surface area contributed by atoms with Gasteiger partial charge in [0, 0.05) is 11.5 Å². The quantitative estimate of drug-likeness (QED) is 0.477. The predicted molar refractivity (Wildman–Crippen MR) is 93.4 cm³/mol. The van der Waals surface area contributed by atoms with Crippen molar-refractivity contribution in [3.63, 3.8) is 0 Å². The number of ether oxygens (including phenoxy) is 2. The van der Waals surface area contributed by atoms with Crippen molar-refractivity contribution in [3.8, 4) is 11.5 Å². The molecule has 0 atom stereocenters. The van der Waals surface area contributed by atoms with Crippen molar-refractivity contribution in [3.05, 3.63) is 27.7 Å². The van der Waals surface area contributed by atoms with Gasteiger partial charge in [0.1, 0.15) is 5.57 Å². The highest BCUT2D eigenvalue weighted by Crippen LogP contribution is 2.34. The van der Waals surface area contributed by atoms with Crippen molar-refractivity contribution in [1.82, 2.24) is 10.2 Å². The maximum absolute atomic E-state index is 12.2. The van der Waals surface area contributed by atoms with Crippen molar-refractivity contribution in [2.45, 2.75) is 6.92 Å². The van der Waals surface area contributed by atoms with E-state index >= 15 is 0 Å². The van der Waals surface area contributed by atoms with E-state index in [-0.39, 0.29) is 10.7 Å². The minimum absolute atomic E-state index is 0.00647. The number of likely N-dealkylation sites (N-methyl/N-ethyl adjacent to an activating group) is 1. The van der Waals surface area contributed by atoms with Gasteiger partial charge in [-0.05, 0) is 42.9 Å². The molecule has 1 heterocycles. The molecule has 1 aromatic carbocycles. The molecule has 0 aromatic heterocycles. The Labute approximate surface area is 147 Å². The van der Waals surface area contributed by atoms with Gasteiger partial charge in [0.05, 0.1) is 13.7 Å². The number of halogens is 1. The largest absolute Gasteiger partial charge is 0.493 e. The molecule has 0 aliphatic carbocycles. The maximum Gasteiger partial charge on any atom is 0.265 e. The molecule has 0 radical (unpaired) electrons. The third-order valence-electron chi connectivity index (χ3n) is 3.19. The first-order valence-corrected chi connectivity index (χ1v) is 7.94. The first kappa shape index (κ1) is 17.4. The summed E-state index contributed by atoms with van der Waals surface area (Å²) in [4.78, 5) is 25.4. The van der Waals surface area contributed by atoms with Gasteiger partial charge in [-0.3, -0.25) is 19.8 Å². The zero-order chi connectivity index (χ0) is 17.1. The van der Waals surface area contributed by atoms with Crippen molar-refractivity contribution in [1.29, 1.82) is 0 Å². The number of methoxy groups -OCH3 is 1. The molecule has 1 N–H and O–H groups in total. The fourth-order valence-corrected chi connectivity index (χ4v) is 2.60. The lowest BCUT2D eigenvalue weighted by molar-refractivity contribution is -0.128. The summed E-state index contributed by atoms with van der Waals surface area (Å²) in [7, 11) is 3.03. The Kier molecular flexibility index (Phi) is 5.38. The molecule has 6 nitrogen and oxygen atoms in total. The summed E-state index contributed by atoms with van der Waals surface area (Å²) >= 11 is 8.32. The Balaban J connectivity index is 2.47. The molecule has 0 unspecified atom stereocenters. The van der Waals surface area contributed by atoms with E-state index in [1.54, 1.807) is 12.1 Å². The molecule has 2 rings (SSSR count). The van der Waals surface area contributed by atoms with Gasteiger partial charge in [0.15, 0.2) is 16.6 Å². The number of thiocarbonyl (C=S) groups is 1. The number of hydrogen-bond acceptors (Lipinski definition) is 5. The number of amides is 2. The summed E-state index contributed by atoms with van der Waals surface area (Å²) in [5.74, 6) is 0.0903. The second-order valence-electron chi connectivity index (χ2n) is 4.64. The molecule has 1 fully saturated rings. The number of nitrogens with zero attached hydrogens (tertiary/aromatic N) is 1. The fourth-order valence-electron chi connectivity index (χ4n) is 1.99. The smallest absolute Gasteiger partial charge is 0.265 e. The monoisotopic (exact) mass is 398 g/mol. The predicted octanol–water partition coefficient (Wildman–Crippen LogP) is 2.11. The van der Waals surface area contributed by atoms with E-state index in [9.17, 15) is 9.59 Å². The summed E-state index contributed by atoms with van der Waals surface area (Å²) < 4.78 is 11.4. The van der Waals surface area contributed by atoms with Crippen LogP contribution in [-0.2, 0) is 9.59 Å². The van der Waals surface area contributed by atoms with Crippen molar-refractivity contribution < 1.29 is 19.1 Å². The molecule has 1 aliphatic rings. The highest BCUT2D eigenvalue weighted by Gasteiger charge is 2.31. The Morgan fingerprint density at radius 3 is 2.65 bits per heavy atom. The summed E-state index contributed by atoms with van der Waals surface area (Å²) in [5, 5.41) is 2.55. The normalized spacial score (nSPS) is 16.6. The summed E-state index contributed by atoms with van der Waals surface area (Å²) in [5.41, 5.74) is 0.609. The lowest BCUT2D eigenvalue weighted by Crippen LogP contribution is -2.52. The van der Waals surface area contributed by atoms with Gasteiger partial charge >= 0.3 is 0 Å². The molecular formula is C15H15BrN2O4S. The first-order chi connectivity index (χ1) is 10.9. The van der Waals surface area contributed by atoms with Crippen molar-refractivity contribution >= 4 is 51.2 Å². The summed E-state index contributed by atoms with van der Waals surface area (Å²) in [6.45, 7) is 2.36. The van der Waals surface area contributed by atoms with E-state index in [2.05, 4.69) is 21.2 Å². The zero-order valence-corrected chi connectivity index (χ0v) is 15.2. The molecule has 0 spiro atoms. The molecule has 1 saturated heterocycles. The van der Waals surface area contributed by atoms with Gasteiger partial charge in [0.2, 0.25) is 0 Å². The van der Waals surface area contributed by atoms with E-state index in [1.165, 1.54) is 25.1 Å². The maximum atomic E-state index is 12.2. The molecule has 1 aliphatic heterocycles. The van der Waals surface area contributed by atoms with Crippen LogP contribution in [0.25, 0.3) is 6.08 Å². The second-order valence-corrected chi connectivity index (χ2v) is 5.88. The highest BCUT2D eigenvalue weighted by molar-refractivity contribution is 9.10. The number of rotatable bonds is 4. The number of hydrogen-bond donors (Lipinski definition) is 1. The van der Waals surface area contributed by atoms with Crippen LogP contribution in [0.3, 0.4) is 0 Å². The molecule has 8 heteroatoms. The summed E-state index contributed by atoms with van der Waals surface area (Å²) in [6, 6.07) is 3.42. The Morgan fingerprint density at radius 1 is 1.35 bits per heavy atom. The lowest BCUT2D eigenvalue weighted by atomic mass is 10.1. The van der Waals surface area contributed by atoms with Gasteiger partial charge in [-0.1, -0.05) is 15.9 Å². The van der Waals surface area contributed by atoms with Gasteiger partial charge in [-0.2, -0.15) is 0 Å². The van der Waals surface area contributed by atoms with E-state index in [0.29, 0.717) is 28.1 Å². The molecule has 0 bridgehead atoms. The molecular weight excluding hydrogens is 384 g/mol. The van der Waals surface area contributed by atoms with Crippen LogP contribution in [0.5, 0.6) is 11.5 Å². The molecule has 2 amide bonds. The molecule has 1 aromatic rings. The lowest BCUT2D eigenvalue weighted by Gasteiger charge is -2.25. The minimum Gasteiger partial charge on any atom is -0.493 e. The van der Waals surface area contributed by atoms with Crippen LogP contribution in [-0.4, -0.2) is 42.6 Å². The number of carbonyl (C=O) groups excluding carboxylic acids is 2. The average Bonchev–Trinajstić information content (AvgIpc) is 2.51. The number of benzene rings is 1. The first-order valence-electron chi connectivity index (χ1n) is 6.74. The Hall–Kier alpha value is -1.93. The fraction of sp³-hybridized carbons (Fsp3) is 0.267. The number of nitrogens with one attached hydrogen (secondary N) is 1. The third kappa shape index (κ3) is 3.53. The standard InChI is InChI=1S/C15H15BrN2O4S/c1-4-22-12-7-10(16)8(6-11(12)21-3)5-9-13(19)17-15(23)18(2)14(9)20/h5-7H,4H2,1-3H3,(H,17,19,23)/b9-5+. The van der Waals surface area contributed by atoms with E-state index in [1.807, 2.05) is 6.92 Å². The van der Waals surface area contributed by atoms with Crippen LogP contribution >= 0.6 is 28.1 Å². The average molecular weight is 399 g/mol. The van der Waals surface area contributed by atoms with Crippen molar-refractivity contribution in [2.75, 3.05) is 20.8 Å². The van der Waals surface area contributed by atoms with Gasteiger partial charge in [-0.25, -0.2) is 0 Å². The molecule has 0 saturated carbocycles.